The lowest BCUT2D eigenvalue weighted by Crippen LogP contribution is -3.15. The number of carbonyl (C=O) groups is 1. The van der Waals surface area contributed by atoms with Gasteiger partial charge in [-0.1, -0.05) is 36.4 Å². The number of anilines is 1. The number of nitrogens with one attached hydrogen (secondary N) is 2. The first-order valence-electron chi connectivity index (χ1n) is 8.34. The number of hydrogen-bond donors (Lipinski definition) is 2. The number of rotatable bonds is 6. The zero-order valence-corrected chi connectivity index (χ0v) is 14.9. The van der Waals surface area contributed by atoms with Crippen LogP contribution >= 0.6 is 11.3 Å². The van der Waals surface area contributed by atoms with Crippen LogP contribution in [0.15, 0.2) is 60.0 Å². The van der Waals surface area contributed by atoms with Crippen LogP contribution in [0, 0.1) is 0 Å². The van der Waals surface area contributed by atoms with Gasteiger partial charge in [0.15, 0.2) is 6.04 Å². The molecular weight excluding hydrogens is 316 g/mol. The third-order valence-corrected chi connectivity index (χ3v) is 5.33. The fourth-order valence-electron chi connectivity index (χ4n) is 2.92. The van der Waals surface area contributed by atoms with Crippen LogP contribution in [0.1, 0.15) is 18.7 Å². The van der Waals surface area contributed by atoms with Crippen molar-refractivity contribution in [3.8, 4) is 0 Å². The van der Waals surface area contributed by atoms with Gasteiger partial charge < -0.3 is 10.2 Å². The van der Waals surface area contributed by atoms with E-state index in [0.29, 0.717) is 0 Å². The number of fused-ring (bicyclic) bond motifs is 1. The highest BCUT2D eigenvalue weighted by Crippen LogP contribution is 2.18. The van der Waals surface area contributed by atoms with Crippen molar-refractivity contribution in [2.24, 2.45) is 0 Å². The van der Waals surface area contributed by atoms with Gasteiger partial charge in [-0.25, -0.2) is 0 Å². The lowest BCUT2D eigenvalue weighted by molar-refractivity contribution is -0.925. The molecule has 2 aromatic carbocycles. The maximum absolute atomic E-state index is 12.6. The molecule has 0 aliphatic rings. The lowest BCUT2D eigenvalue weighted by Gasteiger charge is -2.23. The van der Waals surface area contributed by atoms with E-state index in [2.05, 4.69) is 41.9 Å². The molecule has 2 atom stereocenters. The van der Waals surface area contributed by atoms with E-state index in [1.165, 1.54) is 15.2 Å². The highest BCUT2D eigenvalue weighted by Gasteiger charge is 2.24. The Balaban J connectivity index is 1.69. The van der Waals surface area contributed by atoms with Crippen molar-refractivity contribution < 1.29 is 9.69 Å². The highest BCUT2D eigenvalue weighted by molar-refractivity contribution is 7.09. The van der Waals surface area contributed by atoms with Crippen molar-refractivity contribution in [2.45, 2.75) is 26.4 Å². The van der Waals surface area contributed by atoms with Gasteiger partial charge >= 0.3 is 0 Å². The Hall–Kier alpha value is -2.17. The van der Waals surface area contributed by atoms with E-state index >= 15 is 0 Å². The number of hydrogen-bond acceptors (Lipinski definition) is 2. The summed E-state index contributed by atoms with van der Waals surface area (Å²) in [5, 5.41) is 7.48. The first-order chi connectivity index (χ1) is 11.7. The number of likely N-dealkylation sites (N-methyl/N-ethyl adjacent to an activating group) is 1. The second-order valence-electron chi connectivity index (χ2n) is 6.04. The van der Waals surface area contributed by atoms with Gasteiger partial charge in [0, 0.05) is 5.69 Å². The number of amides is 1. The molecule has 1 unspecified atom stereocenters. The Kier molecular flexibility index (Phi) is 5.28. The molecule has 0 radical (unpaired) electrons. The number of benzene rings is 2. The molecule has 2 N–H and O–H groups in total. The van der Waals surface area contributed by atoms with Gasteiger partial charge in [-0.05, 0) is 48.2 Å². The molecule has 1 heterocycles. The molecule has 0 fully saturated rings. The van der Waals surface area contributed by atoms with Crippen molar-refractivity contribution in [1.29, 1.82) is 0 Å². The molecular formula is C20H23N2OS+. The molecule has 1 amide bonds. The number of thiophene rings is 1. The maximum Gasteiger partial charge on any atom is 0.282 e. The lowest BCUT2D eigenvalue weighted by atomic mass is 10.1. The average Bonchev–Trinajstić information content (AvgIpc) is 3.12. The first-order valence-corrected chi connectivity index (χ1v) is 9.22. The smallest absolute Gasteiger partial charge is 0.282 e. The molecule has 24 heavy (non-hydrogen) atoms. The average molecular weight is 339 g/mol. The van der Waals surface area contributed by atoms with Crippen LogP contribution in [0.2, 0.25) is 0 Å². The SMILES string of the molecule is CC[NH+](Cc1cccs1)[C@@H](C)C(=O)Nc1ccc2ccccc2c1. The van der Waals surface area contributed by atoms with Crippen molar-refractivity contribution in [2.75, 3.05) is 11.9 Å². The predicted octanol–water partition coefficient (Wildman–Crippen LogP) is 3.33. The van der Waals surface area contributed by atoms with Crippen LogP contribution in [0.3, 0.4) is 0 Å². The molecule has 0 spiro atoms. The Morgan fingerprint density at radius 2 is 1.92 bits per heavy atom. The van der Waals surface area contributed by atoms with Crippen molar-refractivity contribution in [3.63, 3.8) is 0 Å². The molecule has 3 rings (SSSR count). The zero-order chi connectivity index (χ0) is 16.9. The van der Waals surface area contributed by atoms with Crippen LogP contribution in [-0.2, 0) is 11.3 Å². The summed E-state index contributed by atoms with van der Waals surface area (Å²) in [7, 11) is 0. The van der Waals surface area contributed by atoms with Crippen LogP contribution in [0.4, 0.5) is 5.69 Å². The van der Waals surface area contributed by atoms with Gasteiger partial charge in [0.05, 0.1) is 11.4 Å². The zero-order valence-electron chi connectivity index (χ0n) is 14.1. The molecule has 3 aromatic rings. The second kappa shape index (κ2) is 7.60. The summed E-state index contributed by atoms with van der Waals surface area (Å²) in [6.45, 7) is 5.94. The van der Waals surface area contributed by atoms with E-state index in [1.807, 2.05) is 37.3 Å². The van der Waals surface area contributed by atoms with E-state index in [9.17, 15) is 4.79 Å². The van der Waals surface area contributed by atoms with Crippen LogP contribution < -0.4 is 10.2 Å². The summed E-state index contributed by atoms with van der Waals surface area (Å²) < 4.78 is 0. The minimum atomic E-state index is -0.0939. The molecule has 124 valence electrons. The van der Waals surface area contributed by atoms with Gasteiger partial charge in [-0.3, -0.25) is 4.79 Å². The molecule has 1 aromatic heterocycles. The molecule has 0 bridgehead atoms. The topological polar surface area (TPSA) is 33.5 Å². The number of quaternary nitrogens is 1. The quantitative estimate of drug-likeness (QED) is 0.710. The van der Waals surface area contributed by atoms with Crippen LogP contribution in [0.25, 0.3) is 10.8 Å². The normalized spacial score (nSPS) is 13.6. The second-order valence-corrected chi connectivity index (χ2v) is 7.07. The Morgan fingerprint density at radius 1 is 1.12 bits per heavy atom. The van der Waals surface area contributed by atoms with E-state index in [-0.39, 0.29) is 11.9 Å². The van der Waals surface area contributed by atoms with Crippen molar-refractivity contribution in [1.82, 2.24) is 0 Å². The highest BCUT2D eigenvalue weighted by atomic mass is 32.1. The van der Waals surface area contributed by atoms with Gasteiger partial charge in [-0.15, -0.1) is 11.3 Å². The minimum absolute atomic E-state index is 0.0682. The molecule has 0 aliphatic carbocycles. The largest absolute Gasteiger partial charge is 0.321 e. The Labute approximate surface area is 146 Å². The monoisotopic (exact) mass is 339 g/mol. The standard InChI is InChI=1S/C20H22N2OS/c1-3-22(14-19-9-6-12-24-19)15(2)20(23)21-18-11-10-16-7-4-5-8-17(16)13-18/h4-13,15H,3,14H2,1-2H3,(H,21,23)/p+1/t15-/m0/s1. The van der Waals surface area contributed by atoms with E-state index < -0.39 is 0 Å². The summed E-state index contributed by atoms with van der Waals surface area (Å²) in [6.07, 6.45) is 0. The van der Waals surface area contributed by atoms with E-state index in [4.69, 9.17) is 0 Å². The summed E-state index contributed by atoms with van der Waals surface area (Å²) in [5.74, 6) is 0.0682. The van der Waals surface area contributed by atoms with Gasteiger partial charge in [0.1, 0.15) is 6.54 Å². The van der Waals surface area contributed by atoms with Gasteiger partial charge in [0.25, 0.3) is 5.91 Å². The fourth-order valence-corrected chi connectivity index (χ4v) is 3.68. The molecule has 0 aliphatic heterocycles. The molecule has 0 saturated carbocycles. The summed E-state index contributed by atoms with van der Waals surface area (Å²) in [6, 6.07) is 18.3. The Morgan fingerprint density at radius 3 is 2.62 bits per heavy atom. The van der Waals surface area contributed by atoms with Crippen molar-refractivity contribution in [3.05, 3.63) is 64.9 Å². The summed E-state index contributed by atoms with van der Waals surface area (Å²) in [4.78, 5) is 15.2. The van der Waals surface area contributed by atoms with Gasteiger partial charge in [0.2, 0.25) is 0 Å². The fraction of sp³-hybridized carbons (Fsp3) is 0.250. The minimum Gasteiger partial charge on any atom is -0.321 e. The predicted molar refractivity (Wildman–Crippen MR) is 102 cm³/mol. The van der Waals surface area contributed by atoms with E-state index in [0.717, 1.165) is 24.2 Å². The third-order valence-electron chi connectivity index (χ3n) is 4.46. The first kappa shape index (κ1) is 16.7. The molecule has 0 saturated heterocycles. The maximum atomic E-state index is 12.6. The Bertz CT molecular complexity index is 813. The molecule has 4 heteroatoms. The number of carbonyl (C=O) groups excluding carboxylic acids is 1. The van der Waals surface area contributed by atoms with Crippen molar-refractivity contribution >= 4 is 33.7 Å². The van der Waals surface area contributed by atoms with E-state index in [1.54, 1.807) is 11.3 Å². The third kappa shape index (κ3) is 3.83. The van der Waals surface area contributed by atoms with Crippen LogP contribution in [-0.4, -0.2) is 18.5 Å². The summed E-state index contributed by atoms with van der Waals surface area (Å²) in [5.41, 5.74) is 0.858. The molecule has 3 nitrogen and oxygen atoms in total. The van der Waals surface area contributed by atoms with Crippen LogP contribution in [0.5, 0.6) is 0 Å². The summed E-state index contributed by atoms with van der Waals surface area (Å²) >= 11 is 1.75. The van der Waals surface area contributed by atoms with Gasteiger partial charge in [-0.2, -0.15) is 0 Å².